The summed E-state index contributed by atoms with van der Waals surface area (Å²) in [5, 5.41) is 5.84. The number of fused-ring (bicyclic) bond motifs is 1. The van der Waals surface area contributed by atoms with E-state index in [4.69, 9.17) is 4.74 Å². The van der Waals surface area contributed by atoms with Gasteiger partial charge in [0.2, 0.25) is 5.84 Å². The largest absolute Gasteiger partial charge is 0.453 e. The second-order valence-corrected chi connectivity index (χ2v) is 5.92. The predicted molar refractivity (Wildman–Crippen MR) is 91.2 cm³/mol. The Kier molecular flexibility index (Phi) is 4.77. The highest BCUT2D eigenvalue weighted by Crippen LogP contribution is 2.46. The zero-order chi connectivity index (χ0) is 19.8. The number of alkyl carbamates (subject to hydrolysis) is 1. The van der Waals surface area contributed by atoms with Crippen LogP contribution >= 0.6 is 0 Å². The van der Waals surface area contributed by atoms with Crippen molar-refractivity contribution in [2.75, 3.05) is 44.2 Å². The second kappa shape index (κ2) is 6.89. The first-order chi connectivity index (χ1) is 12.8. The Labute approximate surface area is 153 Å². The smallest absolute Gasteiger partial charge is 0.414 e. The number of methoxy groups -OCH3 is 1. The summed E-state index contributed by atoms with van der Waals surface area (Å²) < 4.78 is 39.0. The highest BCUT2D eigenvalue weighted by molar-refractivity contribution is 6.09. The van der Waals surface area contributed by atoms with E-state index < -0.39 is 30.0 Å². The van der Waals surface area contributed by atoms with E-state index >= 15 is 0 Å². The molecule has 0 bridgehead atoms. The number of cyclic esters (lactones) is 1. The molecule has 0 aromatic heterocycles. The molecular weight excluding hydrogens is 366 g/mol. The van der Waals surface area contributed by atoms with E-state index in [0.717, 1.165) is 0 Å². The van der Waals surface area contributed by atoms with E-state index in [9.17, 15) is 18.4 Å². The van der Waals surface area contributed by atoms with Crippen LogP contribution in [0.25, 0.3) is 0 Å². The van der Waals surface area contributed by atoms with Gasteiger partial charge in [0.15, 0.2) is 0 Å². The van der Waals surface area contributed by atoms with Gasteiger partial charge in [0.05, 0.1) is 31.5 Å². The van der Waals surface area contributed by atoms with E-state index in [1.54, 1.807) is 6.07 Å². The number of anilines is 2. The maximum absolute atomic E-state index is 14.7. The molecule has 0 saturated carbocycles. The first-order valence-corrected chi connectivity index (χ1v) is 7.97. The van der Waals surface area contributed by atoms with Gasteiger partial charge >= 0.3 is 18.1 Å². The molecule has 0 spiro atoms. The summed E-state index contributed by atoms with van der Waals surface area (Å²) in [6, 6.07) is 4.24. The van der Waals surface area contributed by atoms with Gasteiger partial charge in [-0.1, -0.05) is 5.16 Å². The van der Waals surface area contributed by atoms with Crippen molar-refractivity contribution in [1.29, 1.82) is 0 Å². The van der Waals surface area contributed by atoms with Gasteiger partial charge in [-0.2, -0.15) is 8.78 Å². The molecule has 2 amide bonds. The van der Waals surface area contributed by atoms with E-state index in [1.165, 1.54) is 43.2 Å². The quantitative estimate of drug-likeness (QED) is 0.797. The normalized spacial score (nSPS) is 21.9. The Morgan fingerprint density at radius 2 is 2.19 bits per heavy atom. The monoisotopic (exact) mass is 384 g/mol. The van der Waals surface area contributed by atoms with Crippen LogP contribution in [0.4, 0.5) is 29.7 Å². The third kappa shape index (κ3) is 3.20. The van der Waals surface area contributed by atoms with Crippen LogP contribution in [0.3, 0.4) is 0 Å². The minimum atomic E-state index is -3.37. The maximum atomic E-state index is 14.7. The Morgan fingerprint density at radius 3 is 2.85 bits per heavy atom. The molecule has 1 aromatic rings. The Morgan fingerprint density at radius 1 is 1.44 bits per heavy atom. The van der Waals surface area contributed by atoms with Gasteiger partial charge in [-0.15, -0.1) is 0 Å². The zero-order valence-electron chi connectivity index (χ0n) is 14.9. The van der Waals surface area contributed by atoms with Crippen molar-refractivity contribution < 1.29 is 32.7 Å². The van der Waals surface area contributed by atoms with Crippen LogP contribution in [0.5, 0.6) is 0 Å². The average Bonchev–Trinajstić information content (AvgIpc) is 3.11. The van der Waals surface area contributed by atoms with E-state index in [2.05, 4.69) is 20.0 Å². The van der Waals surface area contributed by atoms with Crippen molar-refractivity contribution in [1.82, 2.24) is 5.32 Å². The van der Waals surface area contributed by atoms with Crippen LogP contribution < -0.4 is 15.1 Å². The number of benzene rings is 1. The van der Waals surface area contributed by atoms with Crippen LogP contribution in [0.1, 0.15) is 5.56 Å². The van der Waals surface area contributed by atoms with Crippen LogP contribution in [0.15, 0.2) is 23.4 Å². The number of amides is 2. The molecule has 2 aliphatic rings. The molecule has 11 heteroatoms. The average molecular weight is 384 g/mol. The first-order valence-electron chi connectivity index (χ1n) is 7.97. The second-order valence-electron chi connectivity index (χ2n) is 5.92. The summed E-state index contributed by atoms with van der Waals surface area (Å²) in [6.45, 7) is 0.144. The van der Waals surface area contributed by atoms with Crippen molar-refractivity contribution in [3.05, 3.63) is 23.8 Å². The molecule has 3 rings (SSSR count). The summed E-state index contributed by atoms with van der Waals surface area (Å²) in [4.78, 5) is 30.2. The predicted octanol–water partition coefficient (Wildman–Crippen LogP) is 1.87. The number of alkyl halides is 2. The van der Waals surface area contributed by atoms with Crippen molar-refractivity contribution in [2.45, 2.75) is 12.0 Å². The lowest BCUT2D eigenvalue weighted by Crippen LogP contribution is -2.34. The summed E-state index contributed by atoms with van der Waals surface area (Å²) in [5.41, 5.74) is 0.226. The Hall–Kier alpha value is -3.11. The number of halogens is 2. The van der Waals surface area contributed by atoms with Crippen molar-refractivity contribution in [3.63, 3.8) is 0 Å². The Balaban J connectivity index is 1.82. The van der Waals surface area contributed by atoms with E-state index in [1.807, 2.05) is 0 Å². The number of nitrogens with zero attached hydrogens (tertiary/aromatic N) is 3. The summed E-state index contributed by atoms with van der Waals surface area (Å²) >= 11 is 0. The van der Waals surface area contributed by atoms with Gasteiger partial charge in [0.25, 0.3) is 0 Å². The molecule has 1 saturated heterocycles. The molecule has 1 aromatic carbocycles. The summed E-state index contributed by atoms with van der Waals surface area (Å²) in [5.74, 6) is -3.91. The van der Waals surface area contributed by atoms with Crippen molar-refractivity contribution >= 4 is 29.4 Å². The lowest BCUT2D eigenvalue weighted by Gasteiger charge is -2.16. The fourth-order valence-corrected chi connectivity index (χ4v) is 2.99. The minimum absolute atomic E-state index is 0.0450. The molecule has 2 heterocycles. The van der Waals surface area contributed by atoms with Crippen LogP contribution in [0, 0.1) is 0 Å². The number of nitrogens with one attached hydrogen (secondary N) is 1. The number of oxime groups is 1. The van der Waals surface area contributed by atoms with Crippen LogP contribution in [-0.2, 0) is 20.2 Å². The van der Waals surface area contributed by atoms with Gasteiger partial charge in [0, 0.05) is 12.7 Å². The van der Waals surface area contributed by atoms with Gasteiger partial charge in [-0.25, -0.2) is 9.59 Å². The summed E-state index contributed by atoms with van der Waals surface area (Å²) in [7, 11) is 3.86. The lowest BCUT2D eigenvalue weighted by molar-refractivity contribution is 0.0728. The lowest BCUT2D eigenvalue weighted by atomic mass is 10.1. The number of hydrogen-bond donors (Lipinski definition) is 1. The number of carbonyl (C=O) groups excluding carboxylic acids is 2. The molecule has 1 unspecified atom stereocenters. The maximum Gasteiger partial charge on any atom is 0.414 e. The van der Waals surface area contributed by atoms with Crippen molar-refractivity contribution in [2.24, 2.45) is 5.16 Å². The molecule has 9 nitrogen and oxygen atoms in total. The molecule has 0 radical (unpaired) electrons. The molecular formula is C16H18F2N4O5. The number of amidine groups is 1. The molecule has 1 atom stereocenters. The zero-order valence-corrected chi connectivity index (χ0v) is 14.9. The number of carbonyl (C=O) groups is 2. The fraction of sp³-hybridized carbons (Fsp3) is 0.438. The van der Waals surface area contributed by atoms with E-state index in [-0.39, 0.29) is 30.0 Å². The van der Waals surface area contributed by atoms with Crippen LogP contribution in [0.2, 0.25) is 0 Å². The number of rotatable bonds is 4. The van der Waals surface area contributed by atoms with Gasteiger partial charge in [0.1, 0.15) is 13.2 Å². The third-order valence-electron chi connectivity index (χ3n) is 4.30. The van der Waals surface area contributed by atoms with Gasteiger partial charge in [-0.3, -0.25) is 4.90 Å². The van der Waals surface area contributed by atoms with Crippen LogP contribution in [-0.4, -0.2) is 58.5 Å². The topological polar surface area (TPSA) is 92.7 Å². The van der Waals surface area contributed by atoms with Gasteiger partial charge in [-0.05, 0) is 18.2 Å². The highest BCUT2D eigenvalue weighted by atomic mass is 19.3. The molecule has 2 aliphatic heterocycles. The number of likely N-dealkylation sites (N-methyl/N-ethyl adjacent to an activating group) is 1. The third-order valence-corrected chi connectivity index (χ3v) is 4.30. The fourth-order valence-electron chi connectivity index (χ4n) is 2.99. The molecule has 146 valence electrons. The standard InChI is InChI=1S/C16H18F2N4O5/c1-21-12-5-4-9(6-11(12)16(17,18)13(21)20-26-3)22-8-10(27-15(22)24)7-19-14(23)25-2/h4-6,10H,7-8H2,1-3H3,(H,19,23). The SMILES string of the molecule is CON=C1N(C)c2ccc(N3CC(CNC(=O)OC)OC3=O)cc2C1(F)F. The van der Waals surface area contributed by atoms with E-state index in [0.29, 0.717) is 0 Å². The van der Waals surface area contributed by atoms with Gasteiger partial charge < -0.3 is 24.5 Å². The molecule has 1 N–H and O–H groups in total. The Bertz CT molecular complexity index is 801. The highest BCUT2D eigenvalue weighted by Gasteiger charge is 2.50. The first kappa shape index (κ1) is 18.7. The van der Waals surface area contributed by atoms with Crippen molar-refractivity contribution in [3.8, 4) is 0 Å². The number of hydrogen-bond acceptors (Lipinski definition) is 6. The minimum Gasteiger partial charge on any atom is -0.453 e. The summed E-state index contributed by atoms with van der Waals surface area (Å²) in [6.07, 6.45) is -1.97. The molecule has 0 aliphatic carbocycles. The number of ether oxygens (including phenoxy) is 2. The molecule has 1 fully saturated rings. The molecule has 27 heavy (non-hydrogen) atoms.